The molecule has 1 saturated heterocycles. The Hall–Kier alpha value is -2.46. The van der Waals surface area contributed by atoms with Crippen LogP contribution < -0.4 is 15.1 Å². The van der Waals surface area contributed by atoms with E-state index in [0.29, 0.717) is 37.3 Å². The number of ether oxygens (including phenoxy) is 2. The second kappa shape index (κ2) is 8.27. The summed E-state index contributed by atoms with van der Waals surface area (Å²) >= 11 is 0. The maximum absolute atomic E-state index is 12.5. The molecule has 2 heterocycles. The summed E-state index contributed by atoms with van der Waals surface area (Å²) < 4.78 is 47.6. The van der Waals surface area contributed by atoms with Crippen LogP contribution in [0.2, 0.25) is 0 Å². The molecule has 1 unspecified atom stereocenters. The topological polar surface area (TPSA) is 75.3 Å². The fourth-order valence-electron chi connectivity index (χ4n) is 2.73. The van der Waals surface area contributed by atoms with E-state index < -0.39 is 24.4 Å². The Morgan fingerprint density at radius 3 is 2.82 bits per heavy atom. The number of benzene rings is 1. The Balaban J connectivity index is 1.80. The molecule has 3 rings (SSSR count). The van der Waals surface area contributed by atoms with Gasteiger partial charge in [-0.05, 0) is 30.7 Å². The van der Waals surface area contributed by atoms with Gasteiger partial charge in [0.1, 0.15) is 5.60 Å². The molecule has 1 aromatic rings. The fourth-order valence-corrected chi connectivity index (χ4v) is 2.73. The highest BCUT2D eigenvalue weighted by atomic mass is 19.4. The molecule has 7 nitrogen and oxygen atoms in total. The third-order valence-corrected chi connectivity index (χ3v) is 4.11. The molecule has 2 aliphatic rings. The third-order valence-electron chi connectivity index (χ3n) is 4.11. The van der Waals surface area contributed by atoms with Gasteiger partial charge in [-0.15, -0.1) is 0 Å². The van der Waals surface area contributed by atoms with Crippen LogP contribution in [0.3, 0.4) is 0 Å². The van der Waals surface area contributed by atoms with Crippen LogP contribution in [-0.4, -0.2) is 37.6 Å². The van der Waals surface area contributed by atoms with Gasteiger partial charge in [0, 0.05) is 25.0 Å². The van der Waals surface area contributed by atoms with Crippen LogP contribution >= 0.6 is 0 Å². The van der Waals surface area contributed by atoms with Crippen molar-refractivity contribution in [2.75, 3.05) is 19.8 Å². The molecular formula is C18H20F3NO6. The average Bonchev–Trinajstić information content (AvgIpc) is 3.28. The molecule has 0 saturated carbocycles. The number of hydroxylamine groups is 1. The second-order valence-electron chi connectivity index (χ2n) is 6.48. The minimum atomic E-state index is -4.52. The minimum absolute atomic E-state index is 0.113. The molecule has 0 aliphatic carbocycles. The zero-order chi connectivity index (χ0) is 20.2. The maximum Gasteiger partial charge on any atom is 0.422 e. The van der Waals surface area contributed by atoms with Crippen LogP contribution in [-0.2, 0) is 19.3 Å². The van der Waals surface area contributed by atoms with Crippen LogP contribution in [0.4, 0.5) is 13.2 Å². The summed E-state index contributed by atoms with van der Waals surface area (Å²) in [6.07, 6.45) is -1.35. The summed E-state index contributed by atoms with van der Waals surface area (Å²) in [4.78, 5) is 26.7. The van der Waals surface area contributed by atoms with E-state index in [-0.39, 0.29) is 17.9 Å². The first-order chi connectivity index (χ1) is 13.3. The summed E-state index contributed by atoms with van der Waals surface area (Å²) in [5.74, 6) is -1.00. The Morgan fingerprint density at radius 2 is 2.14 bits per heavy atom. The van der Waals surface area contributed by atoms with E-state index in [1.54, 1.807) is 13.0 Å². The summed E-state index contributed by atoms with van der Waals surface area (Å²) in [6, 6.07) is 4.26. The van der Waals surface area contributed by atoms with Crippen molar-refractivity contribution >= 4 is 11.7 Å². The average molecular weight is 403 g/mol. The van der Waals surface area contributed by atoms with Crippen LogP contribution in [0.15, 0.2) is 24.3 Å². The molecule has 0 aromatic heterocycles. The predicted molar refractivity (Wildman–Crippen MR) is 90.0 cm³/mol. The highest BCUT2D eigenvalue weighted by molar-refractivity contribution is 5.70. The van der Waals surface area contributed by atoms with Crippen molar-refractivity contribution < 1.29 is 42.1 Å². The Bertz CT molecular complexity index is 743. The predicted octanol–water partition coefficient (Wildman–Crippen LogP) is 3.30. The molecule has 0 radical (unpaired) electrons. The maximum atomic E-state index is 12.5. The van der Waals surface area contributed by atoms with Gasteiger partial charge in [-0.1, -0.05) is 6.92 Å². The first-order valence-electron chi connectivity index (χ1n) is 8.76. The van der Waals surface area contributed by atoms with Gasteiger partial charge in [0.2, 0.25) is 5.75 Å². The highest BCUT2D eigenvalue weighted by Gasteiger charge is 2.39. The largest absolute Gasteiger partial charge is 0.480 e. The molecule has 2 aliphatic heterocycles. The zero-order valence-corrected chi connectivity index (χ0v) is 15.1. The second-order valence-corrected chi connectivity index (χ2v) is 6.48. The molecule has 154 valence electrons. The van der Waals surface area contributed by atoms with Gasteiger partial charge in [-0.25, -0.2) is 4.79 Å². The van der Waals surface area contributed by atoms with Crippen LogP contribution in [0.1, 0.15) is 31.7 Å². The lowest BCUT2D eigenvalue weighted by atomic mass is 10.0. The van der Waals surface area contributed by atoms with E-state index in [0.717, 1.165) is 0 Å². The van der Waals surface area contributed by atoms with Gasteiger partial charge in [0.25, 0.3) is 0 Å². The van der Waals surface area contributed by atoms with Crippen LogP contribution in [0.5, 0.6) is 11.5 Å². The highest BCUT2D eigenvalue weighted by Crippen LogP contribution is 2.36. The van der Waals surface area contributed by atoms with Crippen molar-refractivity contribution in [2.45, 2.75) is 38.0 Å². The van der Waals surface area contributed by atoms with Gasteiger partial charge in [-0.3, -0.25) is 20.1 Å². The SMILES string of the molecule is CCCC(=O)OOc1cc(C2=CC3(CCOC3)ON2)ccc1OCC(F)(F)F. The lowest BCUT2D eigenvalue weighted by Gasteiger charge is -2.15. The number of rotatable bonds is 7. The van der Waals surface area contributed by atoms with Crippen molar-refractivity contribution in [3.63, 3.8) is 0 Å². The molecule has 1 aromatic carbocycles. The Kier molecular flexibility index (Phi) is 5.99. The number of halogens is 3. The molecular weight excluding hydrogens is 383 g/mol. The number of carbonyl (C=O) groups is 1. The summed E-state index contributed by atoms with van der Waals surface area (Å²) in [6.45, 7) is 1.24. The number of alkyl halides is 3. The monoisotopic (exact) mass is 403 g/mol. The Labute approximate surface area is 159 Å². The van der Waals surface area contributed by atoms with E-state index in [2.05, 4.69) is 10.4 Å². The van der Waals surface area contributed by atoms with E-state index in [1.165, 1.54) is 12.1 Å². The van der Waals surface area contributed by atoms with Crippen LogP contribution in [0.25, 0.3) is 5.70 Å². The summed E-state index contributed by atoms with van der Waals surface area (Å²) in [7, 11) is 0. The van der Waals surface area contributed by atoms with Crippen molar-refractivity contribution in [2.24, 2.45) is 0 Å². The quantitative estimate of drug-likeness (QED) is 0.553. The Morgan fingerprint density at radius 1 is 1.32 bits per heavy atom. The van der Waals surface area contributed by atoms with Gasteiger partial charge in [-0.2, -0.15) is 13.2 Å². The van der Waals surface area contributed by atoms with Crippen molar-refractivity contribution in [1.82, 2.24) is 5.48 Å². The molecule has 1 fully saturated rings. The van der Waals surface area contributed by atoms with Crippen molar-refractivity contribution in [3.8, 4) is 11.5 Å². The molecule has 28 heavy (non-hydrogen) atoms. The zero-order valence-electron chi connectivity index (χ0n) is 15.1. The lowest BCUT2D eigenvalue weighted by molar-refractivity contribution is -0.214. The van der Waals surface area contributed by atoms with Crippen LogP contribution in [0, 0.1) is 0 Å². The molecule has 1 N–H and O–H groups in total. The molecule has 1 spiro atoms. The number of carbonyl (C=O) groups excluding carboxylic acids is 1. The molecule has 1 atom stereocenters. The van der Waals surface area contributed by atoms with Crippen molar-refractivity contribution in [3.05, 3.63) is 29.8 Å². The molecule has 0 amide bonds. The minimum Gasteiger partial charge on any atom is -0.480 e. The fraction of sp³-hybridized carbons (Fsp3) is 0.500. The summed E-state index contributed by atoms with van der Waals surface area (Å²) in [5.41, 5.74) is 3.37. The van der Waals surface area contributed by atoms with Gasteiger partial charge in [0.05, 0.1) is 12.3 Å². The van der Waals surface area contributed by atoms with Gasteiger partial charge in [0.15, 0.2) is 12.4 Å². The van der Waals surface area contributed by atoms with E-state index in [1.807, 2.05) is 6.08 Å². The van der Waals surface area contributed by atoms with Crippen molar-refractivity contribution in [1.29, 1.82) is 0 Å². The molecule has 0 bridgehead atoms. The lowest BCUT2D eigenvalue weighted by Crippen LogP contribution is -2.29. The standard InChI is InChI=1S/C18H20F3NO6/c1-2-3-16(23)27-26-15-8-12(4-5-14(15)25-11-18(19,20)21)13-9-17(28-22-13)6-7-24-10-17/h4-5,8-9,22H,2-3,6-7,10-11H2,1H3. The smallest absolute Gasteiger partial charge is 0.422 e. The summed E-state index contributed by atoms with van der Waals surface area (Å²) in [5, 5.41) is 0. The van der Waals surface area contributed by atoms with Gasteiger partial charge >= 0.3 is 12.1 Å². The van der Waals surface area contributed by atoms with Gasteiger partial charge < -0.3 is 9.47 Å². The number of hydrogen-bond donors (Lipinski definition) is 1. The number of hydrogen-bond acceptors (Lipinski definition) is 7. The molecule has 10 heteroatoms. The third kappa shape index (κ3) is 5.08. The van der Waals surface area contributed by atoms with E-state index >= 15 is 0 Å². The first-order valence-corrected chi connectivity index (χ1v) is 8.76. The number of nitrogens with one attached hydrogen (secondary N) is 1. The first kappa shape index (κ1) is 20.3. The van der Waals surface area contributed by atoms with E-state index in [9.17, 15) is 18.0 Å². The normalized spacial score (nSPS) is 21.4. The van der Waals surface area contributed by atoms with E-state index in [4.69, 9.17) is 19.2 Å².